The van der Waals surface area contributed by atoms with Crippen LogP contribution in [0.5, 0.6) is 0 Å². The lowest BCUT2D eigenvalue weighted by Gasteiger charge is -2.19. The number of esters is 2. The zero-order valence-corrected chi connectivity index (χ0v) is 49.5. The minimum Gasteiger partial charge on any atom is -0.462 e. The summed E-state index contributed by atoms with van der Waals surface area (Å²) in [5.41, 5.74) is 5.38. The van der Waals surface area contributed by atoms with Crippen molar-refractivity contribution in [1.82, 2.24) is 0 Å². The van der Waals surface area contributed by atoms with E-state index in [4.69, 9.17) is 24.3 Å². The van der Waals surface area contributed by atoms with Crippen LogP contribution in [0.25, 0.3) is 0 Å². The number of unbranched alkanes of at least 4 members (excludes halogenated alkanes) is 39. The fraction of sp³-hybridized carbons (Fsp3) is 0.844. The molecule has 434 valence electrons. The molecule has 0 saturated heterocycles. The van der Waals surface area contributed by atoms with Crippen LogP contribution in [-0.2, 0) is 32.7 Å². The van der Waals surface area contributed by atoms with Gasteiger partial charge in [-0.3, -0.25) is 18.6 Å². The maximum atomic E-state index is 12.7. The lowest BCUT2D eigenvalue weighted by Crippen LogP contribution is -2.29. The van der Waals surface area contributed by atoms with E-state index in [-0.39, 0.29) is 38.6 Å². The second-order valence-electron chi connectivity index (χ2n) is 21.3. The van der Waals surface area contributed by atoms with Crippen molar-refractivity contribution in [3.8, 4) is 0 Å². The van der Waals surface area contributed by atoms with Gasteiger partial charge in [0.15, 0.2) is 6.10 Å². The molecule has 0 saturated carbocycles. The average Bonchev–Trinajstić information content (AvgIpc) is 3.39. The number of phosphoric ester groups is 1. The third-order valence-corrected chi connectivity index (χ3v) is 14.9. The molecule has 9 nitrogen and oxygen atoms in total. The number of rotatable bonds is 60. The van der Waals surface area contributed by atoms with E-state index in [1.165, 1.54) is 218 Å². The predicted molar refractivity (Wildman–Crippen MR) is 317 cm³/mol. The first-order valence-corrected chi connectivity index (χ1v) is 33.1. The van der Waals surface area contributed by atoms with Gasteiger partial charge in [-0.1, -0.05) is 274 Å². The minimum atomic E-state index is -4.39. The summed E-state index contributed by atoms with van der Waals surface area (Å²) in [7, 11) is -4.39. The van der Waals surface area contributed by atoms with Crippen molar-refractivity contribution in [2.75, 3.05) is 26.4 Å². The molecule has 0 bridgehead atoms. The molecule has 0 aliphatic heterocycles. The summed E-state index contributed by atoms with van der Waals surface area (Å²) in [5.74, 6) is -0.824. The summed E-state index contributed by atoms with van der Waals surface area (Å²) in [6, 6.07) is 0. The number of carbonyl (C=O) groups excluding carboxylic acids is 2. The second-order valence-corrected chi connectivity index (χ2v) is 22.7. The van der Waals surface area contributed by atoms with Gasteiger partial charge in [-0.25, -0.2) is 4.57 Å². The van der Waals surface area contributed by atoms with E-state index in [9.17, 15) is 19.0 Å². The minimum absolute atomic E-state index is 0.0535. The van der Waals surface area contributed by atoms with Crippen molar-refractivity contribution < 1.29 is 37.6 Å². The zero-order chi connectivity index (χ0) is 53.8. The maximum Gasteiger partial charge on any atom is 0.472 e. The van der Waals surface area contributed by atoms with Gasteiger partial charge in [0.25, 0.3) is 0 Å². The summed E-state index contributed by atoms with van der Waals surface area (Å²) >= 11 is 0. The maximum absolute atomic E-state index is 12.7. The van der Waals surface area contributed by atoms with Gasteiger partial charge in [0.1, 0.15) is 6.61 Å². The molecule has 0 aliphatic rings. The zero-order valence-electron chi connectivity index (χ0n) is 48.6. The van der Waals surface area contributed by atoms with Crippen molar-refractivity contribution in [1.29, 1.82) is 0 Å². The van der Waals surface area contributed by atoms with Crippen LogP contribution in [0.15, 0.2) is 48.6 Å². The lowest BCUT2D eigenvalue weighted by atomic mass is 10.0. The average molecular weight is 1060 g/mol. The molecule has 0 aliphatic carbocycles. The van der Waals surface area contributed by atoms with Gasteiger partial charge in [-0.05, 0) is 77.0 Å². The number of hydrogen-bond acceptors (Lipinski definition) is 8. The number of carbonyl (C=O) groups is 2. The van der Waals surface area contributed by atoms with Gasteiger partial charge in [0.2, 0.25) is 0 Å². The smallest absolute Gasteiger partial charge is 0.462 e. The van der Waals surface area contributed by atoms with Crippen molar-refractivity contribution in [3.05, 3.63) is 48.6 Å². The molecule has 3 N–H and O–H groups in total. The molecule has 0 aromatic carbocycles. The Balaban J connectivity index is 3.81. The molecule has 74 heavy (non-hydrogen) atoms. The molecule has 2 atom stereocenters. The van der Waals surface area contributed by atoms with Crippen molar-refractivity contribution in [2.24, 2.45) is 5.73 Å². The molecule has 10 heteroatoms. The van der Waals surface area contributed by atoms with Crippen molar-refractivity contribution >= 4 is 19.8 Å². The van der Waals surface area contributed by atoms with Crippen LogP contribution >= 0.6 is 7.82 Å². The molecule has 0 rings (SSSR count). The fourth-order valence-corrected chi connectivity index (χ4v) is 9.99. The summed E-state index contributed by atoms with van der Waals surface area (Å²) < 4.78 is 33.0. The highest BCUT2D eigenvalue weighted by molar-refractivity contribution is 7.47. The third kappa shape index (κ3) is 59.2. The molecule has 0 fully saturated rings. The number of hydrogen-bond donors (Lipinski definition) is 2. The predicted octanol–water partition coefficient (Wildman–Crippen LogP) is 20.1. The highest BCUT2D eigenvalue weighted by Gasteiger charge is 2.26. The van der Waals surface area contributed by atoms with E-state index >= 15 is 0 Å². The quantitative estimate of drug-likeness (QED) is 0.0264. The van der Waals surface area contributed by atoms with E-state index in [2.05, 4.69) is 62.5 Å². The SMILES string of the molecule is CCCCCCC/C=C\C/C=C\C/C=C\CCCCCCCCCCCCCCCCCCCCCCCCC(=O)OC(COC(=O)CCCCCCC/C=C\CCCCCCCCC)COP(=O)(O)OCCN. The number of phosphoric acid groups is 1. The van der Waals surface area contributed by atoms with E-state index < -0.39 is 26.5 Å². The number of nitrogens with two attached hydrogens (primary N) is 1. The highest BCUT2D eigenvalue weighted by atomic mass is 31.2. The Morgan fingerprint density at radius 3 is 1.05 bits per heavy atom. The molecular weight excluding hydrogens is 942 g/mol. The van der Waals surface area contributed by atoms with E-state index in [1.54, 1.807) is 0 Å². The van der Waals surface area contributed by atoms with Crippen LogP contribution in [-0.4, -0.2) is 49.3 Å². The van der Waals surface area contributed by atoms with E-state index in [0.29, 0.717) is 6.42 Å². The largest absolute Gasteiger partial charge is 0.472 e. The van der Waals surface area contributed by atoms with Gasteiger partial charge < -0.3 is 20.1 Å². The fourth-order valence-electron chi connectivity index (χ4n) is 9.23. The topological polar surface area (TPSA) is 134 Å². The normalized spacial score (nSPS) is 13.3. The van der Waals surface area contributed by atoms with Gasteiger partial charge in [0.05, 0.1) is 13.2 Å². The molecule has 2 unspecified atom stereocenters. The summed E-state index contributed by atoms with van der Waals surface area (Å²) in [6.07, 6.45) is 74.8. The monoisotopic (exact) mass is 1060 g/mol. The first-order valence-electron chi connectivity index (χ1n) is 31.6. The van der Waals surface area contributed by atoms with E-state index in [0.717, 1.165) is 64.2 Å². The van der Waals surface area contributed by atoms with Crippen molar-refractivity contribution in [2.45, 2.75) is 322 Å². The first-order chi connectivity index (χ1) is 36.3. The first kappa shape index (κ1) is 72.0. The lowest BCUT2D eigenvalue weighted by molar-refractivity contribution is -0.161. The van der Waals surface area contributed by atoms with Gasteiger partial charge in [0, 0.05) is 19.4 Å². The number of ether oxygens (including phenoxy) is 2. The summed E-state index contributed by atoms with van der Waals surface area (Å²) in [4.78, 5) is 35.2. The van der Waals surface area contributed by atoms with Crippen LogP contribution < -0.4 is 5.73 Å². The van der Waals surface area contributed by atoms with Crippen LogP contribution in [0, 0.1) is 0 Å². The Bertz CT molecular complexity index is 1350. The van der Waals surface area contributed by atoms with Gasteiger partial charge >= 0.3 is 19.8 Å². The summed E-state index contributed by atoms with van der Waals surface area (Å²) in [6.45, 7) is 3.76. The summed E-state index contributed by atoms with van der Waals surface area (Å²) in [5, 5.41) is 0. The van der Waals surface area contributed by atoms with Crippen LogP contribution in [0.2, 0.25) is 0 Å². The van der Waals surface area contributed by atoms with Crippen molar-refractivity contribution in [3.63, 3.8) is 0 Å². The highest BCUT2D eigenvalue weighted by Crippen LogP contribution is 2.43. The molecule has 0 spiro atoms. The van der Waals surface area contributed by atoms with Crippen LogP contribution in [0.1, 0.15) is 316 Å². The molecule has 0 radical (unpaired) electrons. The van der Waals surface area contributed by atoms with Gasteiger partial charge in [-0.15, -0.1) is 0 Å². The standard InChI is InChI=1S/C64H120NO8P/c1-3-5-7-9-11-13-15-17-19-21-22-23-24-25-26-27-28-29-30-31-32-33-34-35-36-37-38-39-40-41-43-45-47-49-51-53-55-57-64(67)73-62(61-72-74(68,69)71-59-58-65)60-70-63(66)56-54-52-50-48-46-44-42-20-18-16-14-12-10-8-6-4-2/h15,17,20-22,24-25,42,62H,3-14,16,18-19,23,26-41,43-61,65H2,1-2H3,(H,68,69)/b17-15-,22-21-,25-24-,42-20-. The Morgan fingerprint density at radius 2 is 0.703 bits per heavy atom. The van der Waals surface area contributed by atoms with Crippen LogP contribution in [0.4, 0.5) is 0 Å². The Kier molecular flexibility index (Phi) is 58.6. The Labute approximate surface area is 457 Å². The molecule has 0 aromatic rings. The Hall–Kier alpha value is -2.03. The molecule has 0 aromatic heterocycles. The van der Waals surface area contributed by atoms with E-state index in [1.807, 2.05) is 0 Å². The third-order valence-electron chi connectivity index (χ3n) is 13.9. The molecule has 0 amide bonds. The Morgan fingerprint density at radius 1 is 0.405 bits per heavy atom. The second kappa shape index (κ2) is 60.2. The molecule has 0 heterocycles. The number of allylic oxidation sites excluding steroid dienone is 8. The molecular formula is C64H120NO8P. The van der Waals surface area contributed by atoms with Gasteiger partial charge in [-0.2, -0.15) is 0 Å². The van der Waals surface area contributed by atoms with Crippen LogP contribution in [0.3, 0.4) is 0 Å².